The van der Waals surface area contributed by atoms with E-state index >= 15 is 0 Å². The Bertz CT molecular complexity index is 990. The maximum atomic E-state index is 6.17. The molecule has 0 unspecified atom stereocenters. The maximum Gasteiger partial charge on any atom is 0.233 e. The van der Waals surface area contributed by atoms with Crippen molar-refractivity contribution in [3.05, 3.63) is 53.4 Å². The number of nitrogens with zero attached hydrogens (tertiary/aromatic N) is 6. The molecule has 0 atom stereocenters. The van der Waals surface area contributed by atoms with Crippen molar-refractivity contribution in [2.24, 2.45) is 0 Å². The number of likely N-dealkylation sites (N-methyl/N-ethyl adjacent to an activating group) is 1. The molecule has 8 nitrogen and oxygen atoms in total. The van der Waals surface area contributed by atoms with Gasteiger partial charge in [-0.05, 0) is 31.3 Å². The lowest BCUT2D eigenvalue weighted by atomic mass is 10.3. The Balaban J connectivity index is 1.62. The van der Waals surface area contributed by atoms with Crippen molar-refractivity contribution in [2.75, 3.05) is 48.8 Å². The van der Waals surface area contributed by atoms with E-state index in [-0.39, 0.29) is 0 Å². The van der Waals surface area contributed by atoms with E-state index in [1.807, 2.05) is 43.3 Å². The Hall–Kier alpha value is -2.97. The lowest BCUT2D eigenvalue weighted by Gasteiger charge is -2.32. The van der Waals surface area contributed by atoms with Crippen LogP contribution in [0.2, 0.25) is 5.15 Å². The van der Waals surface area contributed by atoms with E-state index in [0.717, 1.165) is 49.8 Å². The number of hydrogen-bond donors (Lipinski definition) is 2. The second-order valence-electron chi connectivity index (χ2n) is 7.17. The van der Waals surface area contributed by atoms with Crippen molar-refractivity contribution in [1.29, 1.82) is 0 Å². The average Bonchev–Trinajstić information content (AvgIpc) is 2.76. The first kappa shape index (κ1) is 20.3. The minimum atomic E-state index is 0.389. The molecular formula is C21H25ClN8. The van der Waals surface area contributed by atoms with Crippen molar-refractivity contribution in [2.45, 2.75) is 13.3 Å². The maximum absolute atomic E-state index is 6.17. The van der Waals surface area contributed by atoms with E-state index in [1.165, 1.54) is 0 Å². The van der Waals surface area contributed by atoms with Crippen LogP contribution < -0.4 is 15.5 Å². The zero-order chi connectivity index (χ0) is 20.9. The third-order valence-corrected chi connectivity index (χ3v) is 5.13. The number of anilines is 5. The summed E-state index contributed by atoms with van der Waals surface area (Å²) in [6.07, 6.45) is 0.718. The van der Waals surface area contributed by atoms with Gasteiger partial charge in [-0.15, -0.1) is 0 Å². The first-order valence-electron chi connectivity index (χ1n) is 10.0. The van der Waals surface area contributed by atoms with E-state index in [9.17, 15) is 0 Å². The van der Waals surface area contributed by atoms with Gasteiger partial charge in [0.25, 0.3) is 0 Å². The standard InChI is InChI=1S/C21H25ClN8/c1-3-18-25-20(28-21(26-18)30-13-11-29(2)12-14-30)27-19-16(9-10-17(22)24-19)23-15-7-5-4-6-8-15/h4-10,23H,3,11-14H2,1-2H3,(H,24,25,26,27,28). The molecule has 1 aliphatic rings. The molecule has 1 aliphatic heterocycles. The van der Waals surface area contributed by atoms with Gasteiger partial charge in [0, 0.05) is 38.3 Å². The van der Waals surface area contributed by atoms with Crippen molar-refractivity contribution in [3.8, 4) is 0 Å². The fourth-order valence-corrected chi connectivity index (χ4v) is 3.33. The molecular weight excluding hydrogens is 400 g/mol. The van der Waals surface area contributed by atoms with Crippen molar-refractivity contribution in [3.63, 3.8) is 0 Å². The van der Waals surface area contributed by atoms with Gasteiger partial charge >= 0.3 is 0 Å². The highest BCUT2D eigenvalue weighted by Crippen LogP contribution is 2.28. The molecule has 1 fully saturated rings. The second kappa shape index (κ2) is 9.23. The summed E-state index contributed by atoms with van der Waals surface area (Å²) in [5.41, 5.74) is 1.73. The summed E-state index contributed by atoms with van der Waals surface area (Å²) in [6, 6.07) is 13.5. The van der Waals surface area contributed by atoms with Gasteiger partial charge in [0.05, 0.1) is 5.69 Å². The molecule has 0 bridgehead atoms. The molecule has 1 saturated heterocycles. The van der Waals surface area contributed by atoms with Gasteiger partial charge < -0.3 is 20.4 Å². The van der Waals surface area contributed by atoms with Crippen LogP contribution in [0.1, 0.15) is 12.7 Å². The van der Waals surface area contributed by atoms with E-state index in [2.05, 4.69) is 47.4 Å². The largest absolute Gasteiger partial charge is 0.353 e. The van der Waals surface area contributed by atoms with Crippen LogP contribution in [0.25, 0.3) is 0 Å². The van der Waals surface area contributed by atoms with E-state index < -0.39 is 0 Å². The van der Waals surface area contributed by atoms with Crippen molar-refractivity contribution >= 4 is 40.7 Å². The van der Waals surface area contributed by atoms with Crippen LogP contribution in [-0.4, -0.2) is 58.1 Å². The lowest BCUT2D eigenvalue weighted by Crippen LogP contribution is -2.45. The third kappa shape index (κ3) is 4.95. The van der Waals surface area contributed by atoms with Crippen LogP contribution in [0.15, 0.2) is 42.5 Å². The number of hydrogen-bond acceptors (Lipinski definition) is 8. The van der Waals surface area contributed by atoms with Gasteiger partial charge in [-0.2, -0.15) is 15.0 Å². The normalized spacial score (nSPS) is 14.6. The molecule has 0 spiro atoms. The quantitative estimate of drug-likeness (QED) is 0.579. The molecule has 2 aromatic heterocycles. The number of aromatic nitrogens is 4. The second-order valence-corrected chi connectivity index (χ2v) is 7.55. The van der Waals surface area contributed by atoms with Gasteiger partial charge in [0.1, 0.15) is 11.0 Å². The highest BCUT2D eigenvalue weighted by molar-refractivity contribution is 6.29. The summed E-state index contributed by atoms with van der Waals surface area (Å²) >= 11 is 6.17. The number of nitrogens with one attached hydrogen (secondary N) is 2. The number of benzene rings is 1. The van der Waals surface area contributed by atoms with Crippen LogP contribution in [0.3, 0.4) is 0 Å². The molecule has 1 aromatic carbocycles. The number of para-hydroxylation sites is 1. The SMILES string of the molecule is CCc1nc(Nc2nc(Cl)ccc2Nc2ccccc2)nc(N2CCN(C)CC2)n1. The molecule has 0 saturated carbocycles. The van der Waals surface area contributed by atoms with E-state index in [1.54, 1.807) is 6.07 Å². The monoisotopic (exact) mass is 424 g/mol. The first-order chi connectivity index (χ1) is 14.6. The molecule has 30 heavy (non-hydrogen) atoms. The van der Waals surface area contributed by atoms with Crippen LogP contribution in [0, 0.1) is 0 Å². The van der Waals surface area contributed by atoms with Crippen LogP contribution in [-0.2, 0) is 6.42 Å². The summed E-state index contributed by atoms with van der Waals surface area (Å²) in [5.74, 6) is 2.45. The first-order valence-corrected chi connectivity index (χ1v) is 10.4. The fraction of sp³-hybridized carbons (Fsp3) is 0.333. The Morgan fingerprint density at radius 3 is 2.40 bits per heavy atom. The van der Waals surface area contributed by atoms with E-state index in [0.29, 0.717) is 22.9 Å². The summed E-state index contributed by atoms with van der Waals surface area (Å²) in [4.78, 5) is 22.8. The average molecular weight is 425 g/mol. The van der Waals surface area contributed by atoms with Crippen LogP contribution in [0.4, 0.5) is 29.1 Å². The number of piperazine rings is 1. The molecule has 9 heteroatoms. The van der Waals surface area contributed by atoms with Crippen molar-refractivity contribution in [1.82, 2.24) is 24.8 Å². The van der Waals surface area contributed by atoms with Gasteiger partial charge in [-0.1, -0.05) is 36.7 Å². The van der Waals surface area contributed by atoms with Crippen LogP contribution in [0.5, 0.6) is 0 Å². The summed E-state index contributed by atoms with van der Waals surface area (Å²) in [7, 11) is 2.13. The highest BCUT2D eigenvalue weighted by Gasteiger charge is 2.19. The van der Waals surface area contributed by atoms with Gasteiger partial charge in [0.2, 0.25) is 11.9 Å². The number of rotatable bonds is 6. The zero-order valence-corrected chi connectivity index (χ0v) is 17.9. The molecule has 0 radical (unpaired) electrons. The summed E-state index contributed by atoms with van der Waals surface area (Å²) in [5, 5.41) is 6.99. The summed E-state index contributed by atoms with van der Waals surface area (Å²) < 4.78 is 0. The smallest absolute Gasteiger partial charge is 0.233 e. The van der Waals surface area contributed by atoms with Gasteiger partial charge in [-0.25, -0.2) is 4.98 Å². The predicted octanol–water partition coefficient (Wildman–Crippen LogP) is 3.72. The predicted molar refractivity (Wildman–Crippen MR) is 121 cm³/mol. The van der Waals surface area contributed by atoms with E-state index in [4.69, 9.17) is 11.6 Å². The van der Waals surface area contributed by atoms with Gasteiger partial charge in [-0.3, -0.25) is 0 Å². The van der Waals surface area contributed by atoms with Gasteiger partial charge in [0.15, 0.2) is 5.82 Å². The Morgan fingerprint density at radius 2 is 1.67 bits per heavy atom. The Morgan fingerprint density at radius 1 is 0.900 bits per heavy atom. The Labute approximate surface area is 181 Å². The molecule has 0 amide bonds. The minimum absolute atomic E-state index is 0.389. The summed E-state index contributed by atoms with van der Waals surface area (Å²) in [6.45, 7) is 5.78. The molecule has 156 valence electrons. The zero-order valence-electron chi connectivity index (χ0n) is 17.1. The highest BCUT2D eigenvalue weighted by atomic mass is 35.5. The van der Waals surface area contributed by atoms with Crippen LogP contribution >= 0.6 is 11.6 Å². The molecule has 2 N–H and O–H groups in total. The topological polar surface area (TPSA) is 82.1 Å². The third-order valence-electron chi connectivity index (χ3n) is 4.92. The number of halogens is 1. The lowest BCUT2D eigenvalue weighted by molar-refractivity contribution is 0.311. The van der Waals surface area contributed by atoms with Crippen molar-refractivity contribution < 1.29 is 0 Å². The fourth-order valence-electron chi connectivity index (χ4n) is 3.18. The minimum Gasteiger partial charge on any atom is -0.353 e. The molecule has 4 rings (SSSR count). The number of pyridine rings is 1. The number of aryl methyl sites for hydroxylation is 1. The molecule has 3 aromatic rings. The molecule has 0 aliphatic carbocycles. The molecule has 3 heterocycles. The Kier molecular flexibility index (Phi) is 6.25.